The highest BCUT2D eigenvalue weighted by Gasteiger charge is 2.23. The number of aliphatic hydroxyl groups is 1. The average molecular weight is 341 g/mol. The van der Waals surface area contributed by atoms with Crippen molar-refractivity contribution < 1.29 is 9.84 Å². The Balaban J connectivity index is 1.52. The fourth-order valence-electron chi connectivity index (χ4n) is 3.37. The molecule has 0 saturated carbocycles. The van der Waals surface area contributed by atoms with E-state index in [0.29, 0.717) is 12.6 Å². The third-order valence-electron chi connectivity index (χ3n) is 5.03. The molecule has 134 valence electrons. The minimum atomic E-state index is -0.489. The van der Waals surface area contributed by atoms with Gasteiger partial charge in [0.05, 0.1) is 13.2 Å². The minimum Gasteiger partial charge on any atom is -0.497 e. The van der Waals surface area contributed by atoms with Crippen LogP contribution in [-0.2, 0) is 0 Å². The summed E-state index contributed by atoms with van der Waals surface area (Å²) in [7, 11) is 1.65. The van der Waals surface area contributed by atoms with Crippen molar-refractivity contribution in [1.29, 1.82) is 0 Å². The van der Waals surface area contributed by atoms with Crippen molar-refractivity contribution in [2.45, 2.75) is 19.1 Å². The van der Waals surface area contributed by atoms with Crippen molar-refractivity contribution in [3.8, 4) is 5.75 Å². The summed E-state index contributed by atoms with van der Waals surface area (Å²) in [6.07, 6.45) is 3.27. The largest absolute Gasteiger partial charge is 0.497 e. The summed E-state index contributed by atoms with van der Waals surface area (Å²) < 4.78 is 5.24. The van der Waals surface area contributed by atoms with Gasteiger partial charge < -0.3 is 9.84 Å². The van der Waals surface area contributed by atoms with E-state index in [1.807, 2.05) is 42.7 Å². The molecule has 5 heteroatoms. The lowest BCUT2D eigenvalue weighted by Gasteiger charge is -2.38. The Bertz CT molecular complexity index is 657. The molecule has 1 N–H and O–H groups in total. The first-order chi connectivity index (χ1) is 12.2. The van der Waals surface area contributed by atoms with Crippen molar-refractivity contribution in [2.75, 3.05) is 39.8 Å². The predicted molar refractivity (Wildman–Crippen MR) is 98.6 cm³/mol. The number of piperazine rings is 1. The van der Waals surface area contributed by atoms with Crippen LogP contribution in [-0.4, -0.2) is 59.7 Å². The Morgan fingerprint density at radius 2 is 1.88 bits per heavy atom. The number of ether oxygens (including phenoxy) is 1. The van der Waals surface area contributed by atoms with Crippen LogP contribution < -0.4 is 4.74 Å². The first-order valence-corrected chi connectivity index (χ1v) is 8.85. The van der Waals surface area contributed by atoms with Crippen LogP contribution in [0.1, 0.15) is 30.2 Å². The van der Waals surface area contributed by atoms with E-state index in [1.54, 1.807) is 7.11 Å². The van der Waals surface area contributed by atoms with Crippen molar-refractivity contribution in [1.82, 2.24) is 14.8 Å². The molecule has 1 aromatic carbocycles. The van der Waals surface area contributed by atoms with Crippen molar-refractivity contribution in [3.63, 3.8) is 0 Å². The Hall–Kier alpha value is -1.95. The first-order valence-electron chi connectivity index (χ1n) is 8.85. The van der Waals surface area contributed by atoms with Gasteiger partial charge >= 0.3 is 0 Å². The van der Waals surface area contributed by atoms with Crippen LogP contribution in [0.5, 0.6) is 5.75 Å². The zero-order chi connectivity index (χ0) is 17.6. The Morgan fingerprint density at radius 3 is 2.56 bits per heavy atom. The fraction of sp³-hybridized carbons (Fsp3) is 0.450. The van der Waals surface area contributed by atoms with Gasteiger partial charge in [0.15, 0.2) is 0 Å². The summed E-state index contributed by atoms with van der Waals surface area (Å²) in [6, 6.07) is 12.2. The summed E-state index contributed by atoms with van der Waals surface area (Å²) in [5.74, 6) is 0.784. The lowest BCUT2D eigenvalue weighted by molar-refractivity contribution is 0.0588. The van der Waals surface area contributed by atoms with Crippen LogP contribution in [0.25, 0.3) is 0 Å². The molecule has 2 aromatic rings. The molecule has 1 aliphatic rings. The normalized spacial score (nSPS) is 18.7. The molecule has 3 rings (SSSR count). The zero-order valence-corrected chi connectivity index (χ0v) is 15.0. The molecule has 0 radical (unpaired) electrons. The van der Waals surface area contributed by atoms with Gasteiger partial charge in [0.1, 0.15) is 5.75 Å². The van der Waals surface area contributed by atoms with Crippen LogP contribution in [0.2, 0.25) is 0 Å². The monoisotopic (exact) mass is 341 g/mol. The van der Waals surface area contributed by atoms with Crippen molar-refractivity contribution in [3.05, 3.63) is 59.9 Å². The molecule has 1 saturated heterocycles. The lowest BCUT2D eigenvalue weighted by Crippen LogP contribution is -2.48. The molecule has 2 heterocycles. The lowest BCUT2D eigenvalue weighted by atomic mass is 10.1. The van der Waals surface area contributed by atoms with E-state index < -0.39 is 6.10 Å². The van der Waals surface area contributed by atoms with Gasteiger partial charge in [0.2, 0.25) is 0 Å². The van der Waals surface area contributed by atoms with Gasteiger partial charge in [0, 0.05) is 51.2 Å². The second-order valence-electron chi connectivity index (χ2n) is 6.59. The quantitative estimate of drug-likeness (QED) is 0.875. The predicted octanol–water partition coefficient (Wildman–Crippen LogP) is 2.50. The number of hydrogen-bond acceptors (Lipinski definition) is 5. The van der Waals surface area contributed by atoms with Gasteiger partial charge in [-0.15, -0.1) is 0 Å². The molecule has 0 spiro atoms. The molecule has 0 amide bonds. The number of hydrogen-bond donors (Lipinski definition) is 1. The van der Waals surface area contributed by atoms with E-state index in [1.165, 1.54) is 5.56 Å². The van der Waals surface area contributed by atoms with Gasteiger partial charge in [-0.3, -0.25) is 14.8 Å². The van der Waals surface area contributed by atoms with Gasteiger partial charge in [-0.2, -0.15) is 0 Å². The molecular weight excluding hydrogens is 314 g/mol. The van der Waals surface area contributed by atoms with E-state index in [2.05, 4.69) is 27.8 Å². The van der Waals surface area contributed by atoms with Crippen molar-refractivity contribution in [2.24, 2.45) is 0 Å². The molecular formula is C20H27N3O2. The summed E-state index contributed by atoms with van der Waals surface area (Å²) in [5, 5.41) is 10.5. The highest BCUT2D eigenvalue weighted by molar-refractivity contribution is 5.30. The summed E-state index contributed by atoms with van der Waals surface area (Å²) in [5.41, 5.74) is 2.16. The minimum absolute atomic E-state index is 0.374. The zero-order valence-electron chi connectivity index (χ0n) is 15.0. The average Bonchev–Trinajstić information content (AvgIpc) is 2.68. The van der Waals surface area contributed by atoms with Crippen LogP contribution >= 0.6 is 0 Å². The highest BCUT2D eigenvalue weighted by Crippen LogP contribution is 2.23. The standard InChI is InChI=1S/C20H27N3O2/c1-16(18-6-4-8-21-14-18)23-11-9-22(10-12-23)15-20(24)17-5-3-7-19(13-17)25-2/h3-8,13-14,16,20,24H,9-12,15H2,1-2H3. The van der Waals surface area contributed by atoms with Crippen LogP contribution in [0.3, 0.4) is 0 Å². The molecule has 2 atom stereocenters. The maximum Gasteiger partial charge on any atom is 0.119 e. The van der Waals surface area contributed by atoms with Crippen LogP contribution in [0.4, 0.5) is 0 Å². The summed E-state index contributed by atoms with van der Waals surface area (Å²) in [6.45, 7) is 6.82. The van der Waals surface area contributed by atoms with Crippen LogP contribution in [0.15, 0.2) is 48.8 Å². The smallest absolute Gasteiger partial charge is 0.119 e. The molecule has 1 fully saturated rings. The maximum absolute atomic E-state index is 10.5. The van der Waals surface area contributed by atoms with Gasteiger partial charge in [-0.05, 0) is 36.2 Å². The Morgan fingerprint density at radius 1 is 1.12 bits per heavy atom. The molecule has 25 heavy (non-hydrogen) atoms. The number of aliphatic hydroxyl groups excluding tert-OH is 1. The Kier molecular flexibility index (Phi) is 6.02. The number of β-amino-alcohol motifs (C(OH)–C–C–N with tert-alkyl or cyclic N) is 1. The van der Waals surface area contributed by atoms with Crippen molar-refractivity contribution >= 4 is 0 Å². The van der Waals surface area contributed by atoms with E-state index >= 15 is 0 Å². The number of nitrogens with zero attached hydrogens (tertiary/aromatic N) is 3. The van der Waals surface area contributed by atoms with E-state index in [4.69, 9.17) is 4.74 Å². The van der Waals surface area contributed by atoms with E-state index in [9.17, 15) is 5.11 Å². The third-order valence-corrected chi connectivity index (χ3v) is 5.03. The highest BCUT2D eigenvalue weighted by atomic mass is 16.5. The van der Waals surface area contributed by atoms with Crippen LogP contribution in [0, 0.1) is 0 Å². The number of pyridine rings is 1. The first kappa shape index (κ1) is 17.9. The molecule has 5 nitrogen and oxygen atoms in total. The topological polar surface area (TPSA) is 48.8 Å². The van der Waals surface area contributed by atoms with E-state index in [-0.39, 0.29) is 0 Å². The number of benzene rings is 1. The third kappa shape index (κ3) is 4.57. The second-order valence-corrected chi connectivity index (χ2v) is 6.59. The van der Waals surface area contributed by atoms with Gasteiger partial charge in [0.25, 0.3) is 0 Å². The second kappa shape index (κ2) is 8.43. The van der Waals surface area contributed by atoms with Gasteiger partial charge in [-0.1, -0.05) is 18.2 Å². The summed E-state index contributed by atoms with van der Waals surface area (Å²) >= 11 is 0. The van der Waals surface area contributed by atoms with Gasteiger partial charge in [-0.25, -0.2) is 0 Å². The fourth-order valence-corrected chi connectivity index (χ4v) is 3.37. The maximum atomic E-state index is 10.5. The summed E-state index contributed by atoms with van der Waals surface area (Å²) in [4.78, 5) is 9.03. The molecule has 1 aliphatic heterocycles. The molecule has 0 bridgehead atoms. The number of aromatic nitrogens is 1. The number of rotatable bonds is 6. The molecule has 1 aromatic heterocycles. The SMILES string of the molecule is COc1cccc(C(O)CN2CCN(C(C)c3cccnc3)CC2)c1. The number of methoxy groups -OCH3 is 1. The molecule has 0 aliphatic carbocycles. The molecule has 2 unspecified atom stereocenters. The van der Waals surface area contributed by atoms with E-state index in [0.717, 1.165) is 37.5 Å². The Labute approximate surface area is 149 Å².